The molecule has 5 heteroatoms. The molecule has 0 saturated heterocycles. The Balaban J connectivity index is 1.26. The second kappa shape index (κ2) is 16.0. The molecular weight excluding hydrogens is 763 g/mol. The van der Waals surface area contributed by atoms with Crippen molar-refractivity contribution in [1.82, 2.24) is 0 Å². The zero-order valence-electron chi connectivity index (χ0n) is 35.1. The Labute approximate surface area is 363 Å². The zero-order chi connectivity index (χ0) is 42.2. The summed E-state index contributed by atoms with van der Waals surface area (Å²) in [5, 5.41) is 0. The first-order chi connectivity index (χ1) is 30.5. The largest absolute Gasteiger partial charge is 0.497 e. The summed E-state index contributed by atoms with van der Waals surface area (Å²) in [6.45, 7) is 0. The average Bonchev–Trinajstić information content (AvgIpc) is 3.81. The van der Waals surface area contributed by atoms with Gasteiger partial charge in [-0.05, 0) is 127 Å². The van der Waals surface area contributed by atoms with Crippen LogP contribution < -0.4 is 23.8 Å². The Bertz CT molecular complexity index is 2710. The van der Waals surface area contributed by atoms with E-state index in [2.05, 4.69) is 157 Å². The molecule has 1 spiro atoms. The minimum Gasteiger partial charge on any atom is -0.497 e. The van der Waals surface area contributed by atoms with Crippen molar-refractivity contribution in [3.05, 3.63) is 245 Å². The molecule has 2 aliphatic rings. The van der Waals surface area contributed by atoms with Crippen LogP contribution in [0.3, 0.4) is 0 Å². The lowest BCUT2D eigenvalue weighted by atomic mass is 9.70. The summed E-state index contributed by atoms with van der Waals surface area (Å²) in [5.74, 6) is 3.17. The van der Waals surface area contributed by atoms with Gasteiger partial charge in [-0.25, -0.2) is 0 Å². The molecule has 62 heavy (non-hydrogen) atoms. The van der Waals surface area contributed by atoms with Gasteiger partial charge in [0.25, 0.3) is 0 Å². The number of hydrogen-bond acceptors (Lipinski definition) is 5. The van der Waals surface area contributed by atoms with E-state index in [1.54, 1.807) is 28.4 Å². The maximum absolute atomic E-state index is 5.61. The molecule has 0 heterocycles. The van der Waals surface area contributed by atoms with E-state index in [9.17, 15) is 0 Å². The Morgan fingerprint density at radius 2 is 0.661 bits per heavy atom. The predicted octanol–water partition coefficient (Wildman–Crippen LogP) is 13.0. The fourth-order valence-electron chi connectivity index (χ4n) is 9.42. The monoisotopic (exact) mass is 807 g/mol. The van der Waals surface area contributed by atoms with Gasteiger partial charge in [0.15, 0.2) is 0 Å². The molecule has 2 aliphatic carbocycles. The number of nitrogens with zero attached hydrogens (tertiary/aromatic N) is 1. The highest BCUT2D eigenvalue weighted by atomic mass is 16.5. The molecule has 8 aromatic rings. The number of rotatable bonds is 11. The van der Waals surface area contributed by atoms with Gasteiger partial charge in [0.05, 0.1) is 33.9 Å². The average molecular weight is 808 g/mol. The van der Waals surface area contributed by atoms with Gasteiger partial charge < -0.3 is 23.8 Å². The quantitative estimate of drug-likeness (QED) is 0.130. The van der Waals surface area contributed by atoms with E-state index >= 15 is 0 Å². The smallest absolute Gasteiger partial charge is 0.118 e. The molecule has 0 aliphatic heterocycles. The molecule has 8 aromatic carbocycles. The Morgan fingerprint density at radius 3 is 0.984 bits per heavy atom. The molecule has 0 bridgehead atoms. The van der Waals surface area contributed by atoms with E-state index in [0.29, 0.717) is 0 Å². The van der Waals surface area contributed by atoms with Gasteiger partial charge in [0.2, 0.25) is 0 Å². The molecule has 10 rings (SSSR count). The van der Waals surface area contributed by atoms with Crippen LogP contribution in [0.4, 0.5) is 5.69 Å². The predicted molar refractivity (Wildman–Crippen MR) is 251 cm³/mol. The SMILES string of the molecule is COc1ccc(C(=CN(C=C(c2ccc(OC)cc2)c2ccc(OC)cc2)c2ccc3c(c2)C2(c4ccccc4-c4ccccc42)c2ccccc2-3)c2ccc(OC)cc2)cc1. The first-order valence-corrected chi connectivity index (χ1v) is 20.8. The maximum atomic E-state index is 5.61. The van der Waals surface area contributed by atoms with Crippen LogP contribution >= 0.6 is 0 Å². The van der Waals surface area contributed by atoms with Crippen molar-refractivity contribution in [2.24, 2.45) is 0 Å². The van der Waals surface area contributed by atoms with Gasteiger partial charge in [0.1, 0.15) is 23.0 Å². The number of ether oxygens (including phenoxy) is 4. The van der Waals surface area contributed by atoms with Crippen molar-refractivity contribution in [1.29, 1.82) is 0 Å². The fourth-order valence-corrected chi connectivity index (χ4v) is 9.42. The number of hydrogen-bond donors (Lipinski definition) is 0. The Hall–Kier alpha value is -7.76. The van der Waals surface area contributed by atoms with Gasteiger partial charge >= 0.3 is 0 Å². The van der Waals surface area contributed by atoms with Crippen molar-refractivity contribution >= 4 is 16.8 Å². The third kappa shape index (κ3) is 6.41. The van der Waals surface area contributed by atoms with Crippen molar-refractivity contribution in [2.45, 2.75) is 5.41 Å². The van der Waals surface area contributed by atoms with Crippen LogP contribution in [0.5, 0.6) is 23.0 Å². The molecule has 0 atom stereocenters. The van der Waals surface area contributed by atoms with E-state index in [0.717, 1.165) is 62.1 Å². The van der Waals surface area contributed by atoms with Crippen LogP contribution in [0, 0.1) is 0 Å². The highest BCUT2D eigenvalue weighted by molar-refractivity contribution is 5.96. The topological polar surface area (TPSA) is 40.2 Å². The third-order valence-electron chi connectivity index (χ3n) is 12.4. The fraction of sp³-hybridized carbons (Fsp3) is 0.0877. The van der Waals surface area contributed by atoms with Crippen molar-refractivity contribution in [2.75, 3.05) is 33.3 Å². The van der Waals surface area contributed by atoms with Gasteiger partial charge in [-0.15, -0.1) is 0 Å². The zero-order valence-corrected chi connectivity index (χ0v) is 35.1. The van der Waals surface area contributed by atoms with E-state index in [4.69, 9.17) is 18.9 Å². The van der Waals surface area contributed by atoms with E-state index in [1.807, 2.05) is 48.5 Å². The summed E-state index contributed by atoms with van der Waals surface area (Å²) in [6.07, 6.45) is 4.51. The highest BCUT2D eigenvalue weighted by Gasteiger charge is 2.51. The minimum absolute atomic E-state index is 0.502. The van der Waals surface area contributed by atoms with Crippen LogP contribution in [0.2, 0.25) is 0 Å². The van der Waals surface area contributed by atoms with E-state index in [1.165, 1.54) is 44.5 Å². The van der Waals surface area contributed by atoms with Crippen LogP contribution in [-0.4, -0.2) is 28.4 Å². The van der Waals surface area contributed by atoms with E-state index in [-0.39, 0.29) is 0 Å². The van der Waals surface area contributed by atoms with Gasteiger partial charge in [0, 0.05) is 29.2 Å². The summed E-state index contributed by atoms with van der Waals surface area (Å²) in [4.78, 5) is 2.29. The van der Waals surface area contributed by atoms with Crippen LogP contribution in [0.1, 0.15) is 44.5 Å². The van der Waals surface area contributed by atoms with Crippen molar-refractivity contribution in [3.8, 4) is 45.3 Å². The Kier molecular flexibility index (Phi) is 9.93. The molecule has 0 unspecified atom stereocenters. The molecule has 0 radical (unpaired) electrons. The van der Waals surface area contributed by atoms with E-state index < -0.39 is 5.41 Å². The Morgan fingerprint density at radius 1 is 0.355 bits per heavy atom. The molecule has 5 nitrogen and oxygen atoms in total. The summed E-state index contributed by atoms with van der Waals surface area (Å²) in [5.41, 5.74) is 16.9. The number of methoxy groups -OCH3 is 4. The van der Waals surface area contributed by atoms with Crippen LogP contribution in [-0.2, 0) is 5.41 Å². The van der Waals surface area contributed by atoms with Gasteiger partial charge in [-0.1, -0.05) is 127 Å². The number of fused-ring (bicyclic) bond motifs is 10. The first-order valence-electron chi connectivity index (χ1n) is 20.8. The second-order valence-corrected chi connectivity index (χ2v) is 15.5. The molecular formula is C57H45NO4. The molecule has 0 fully saturated rings. The molecule has 0 N–H and O–H groups in total. The molecule has 0 aromatic heterocycles. The standard InChI is InChI=1S/C57H45NO4/c1-59-43-26-17-38(18-27-43)51(39-19-28-44(60-2)29-20-39)36-58(37-52(40-21-30-45(61-3)31-22-40)41-23-32-46(62-4)33-24-41)42-25-34-50-49-13-7-10-16-55(49)57(56(50)35-42)53-14-8-5-11-47(53)48-12-6-9-15-54(48)57/h5-37H,1-4H3. The summed E-state index contributed by atoms with van der Waals surface area (Å²) in [7, 11) is 6.78. The molecule has 0 saturated carbocycles. The summed E-state index contributed by atoms with van der Waals surface area (Å²) in [6, 6.07) is 66.8. The van der Waals surface area contributed by atoms with Crippen molar-refractivity contribution < 1.29 is 18.9 Å². The number of benzene rings is 8. The first kappa shape index (κ1) is 38.4. The minimum atomic E-state index is -0.502. The molecule has 0 amide bonds. The van der Waals surface area contributed by atoms with Gasteiger partial charge in [-0.2, -0.15) is 0 Å². The third-order valence-corrected chi connectivity index (χ3v) is 12.4. The summed E-state index contributed by atoms with van der Waals surface area (Å²) >= 11 is 0. The lowest BCUT2D eigenvalue weighted by Crippen LogP contribution is -2.26. The normalized spacial score (nSPS) is 12.3. The number of anilines is 1. The van der Waals surface area contributed by atoms with Crippen LogP contribution in [0.25, 0.3) is 33.4 Å². The lowest BCUT2D eigenvalue weighted by molar-refractivity contribution is 0.414. The lowest BCUT2D eigenvalue weighted by Gasteiger charge is -2.31. The highest BCUT2D eigenvalue weighted by Crippen LogP contribution is 2.63. The van der Waals surface area contributed by atoms with Crippen molar-refractivity contribution in [3.63, 3.8) is 0 Å². The summed E-state index contributed by atoms with van der Waals surface area (Å²) < 4.78 is 22.4. The van der Waals surface area contributed by atoms with Gasteiger partial charge in [-0.3, -0.25) is 0 Å². The maximum Gasteiger partial charge on any atom is 0.118 e. The molecule has 302 valence electrons. The van der Waals surface area contributed by atoms with Crippen LogP contribution in [0.15, 0.2) is 200 Å². The second-order valence-electron chi connectivity index (χ2n) is 15.5.